The van der Waals surface area contributed by atoms with E-state index in [0.717, 1.165) is 16.8 Å². The van der Waals surface area contributed by atoms with Crippen molar-refractivity contribution in [1.82, 2.24) is 14.0 Å². The number of carbonyl (C=O) groups excluding carboxylic acids is 1. The van der Waals surface area contributed by atoms with Crippen molar-refractivity contribution in [3.05, 3.63) is 65.5 Å². The van der Waals surface area contributed by atoms with E-state index in [1.807, 2.05) is 47.7 Å². The summed E-state index contributed by atoms with van der Waals surface area (Å²) in [5.74, 6) is 1.20. The third-order valence-electron chi connectivity index (χ3n) is 5.46. The number of hydrogen-bond donors (Lipinski definition) is 0. The standard InChI is InChI=1S/C25H29N3O3/c1-6-30-23(29)22-17(2)26-24-27(20-9-7-8-10-21(20)28(22)24)15-16-31-19-13-11-18(12-14-19)25(3,4)5/h7-14H,6,15-16H2,1-5H3. The van der Waals surface area contributed by atoms with Gasteiger partial charge in [0.25, 0.3) is 0 Å². The zero-order valence-electron chi connectivity index (χ0n) is 18.8. The molecule has 0 aliphatic heterocycles. The van der Waals surface area contributed by atoms with E-state index in [2.05, 4.69) is 42.5 Å². The first kappa shape index (κ1) is 21.0. The molecule has 6 nitrogen and oxygen atoms in total. The van der Waals surface area contributed by atoms with Crippen molar-refractivity contribution in [3.63, 3.8) is 0 Å². The SMILES string of the molecule is CCOC(=O)c1c(C)nc2n(CCOc3ccc(C(C)(C)C)cc3)c3ccccc3n12. The Morgan fingerprint density at radius 2 is 1.71 bits per heavy atom. The number of fused-ring (bicyclic) bond motifs is 3. The Hall–Kier alpha value is -3.28. The van der Waals surface area contributed by atoms with Gasteiger partial charge in [0, 0.05) is 0 Å². The van der Waals surface area contributed by atoms with Crippen LogP contribution in [0.25, 0.3) is 16.8 Å². The molecule has 4 aromatic rings. The lowest BCUT2D eigenvalue weighted by Gasteiger charge is -2.19. The van der Waals surface area contributed by atoms with E-state index in [0.29, 0.717) is 36.9 Å². The monoisotopic (exact) mass is 419 g/mol. The van der Waals surface area contributed by atoms with Gasteiger partial charge in [0.05, 0.1) is 29.9 Å². The molecule has 0 saturated heterocycles. The Balaban J connectivity index is 1.63. The van der Waals surface area contributed by atoms with E-state index in [-0.39, 0.29) is 11.4 Å². The molecular formula is C25H29N3O3. The van der Waals surface area contributed by atoms with Crippen LogP contribution in [0.15, 0.2) is 48.5 Å². The fourth-order valence-electron chi connectivity index (χ4n) is 3.88. The minimum absolute atomic E-state index is 0.114. The van der Waals surface area contributed by atoms with E-state index in [1.54, 1.807) is 6.92 Å². The summed E-state index contributed by atoms with van der Waals surface area (Å²) in [5, 5.41) is 0. The van der Waals surface area contributed by atoms with Crippen LogP contribution < -0.4 is 4.74 Å². The topological polar surface area (TPSA) is 57.8 Å². The molecule has 0 amide bonds. The lowest BCUT2D eigenvalue weighted by molar-refractivity contribution is 0.0518. The molecule has 2 aromatic heterocycles. The molecule has 6 heteroatoms. The van der Waals surface area contributed by atoms with Crippen molar-refractivity contribution in [2.24, 2.45) is 0 Å². The van der Waals surface area contributed by atoms with Gasteiger partial charge in [-0.1, -0.05) is 45.0 Å². The normalized spacial score (nSPS) is 11.9. The summed E-state index contributed by atoms with van der Waals surface area (Å²) in [6, 6.07) is 16.2. The van der Waals surface area contributed by atoms with Crippen LogP contribution in [0.3, 0.4) is 0 Å². The molecule has 31 heavy (non-hydrogen) atoms. The average molecular weight is 420 g/mol. The maximum atomic E-state index is 12.6. The van der Waals surface area contributed by atoms with Gasteiger partial charge < -0.3 is 14.0 Å². The maximum absolute atomic E-state index is 12.6. The number of ether oxygens (including phenoxy) is 2. The highest BCUT2D eigenvalue weighted by atomic mass is 16.5. The Morgan fingerprint density at radius 3 is 2.35 bits per heavy atom. The largest absolute Gasteiger partial charge is 0.492 e. The van der Waals surface area contributed by atoms with Gasteiger partial charge in [0.2, 0.25) is 5.78 Å². The van der Waals surface area contributed by atoms with E-state index in [1.165, 1.54) is 5.56 Å². The van der Waals surface area contributed by atoms with Crippen LogP contribution in [-0.4, -0.2) is 33.1 Å². The first-order valence-electron chi connectivity index (χ1n) is 10.7. The molecule has 0 aliphatic rings. The highest BCUT2D eigenvalue weighted by molar-refractivity contribution is 5.93. The predicted molar refractivity (Wildman–Crippen MR) is 122 cm³/mol. The van der Waals surface area contributed by atoms with Crippen LogP contribution >= 0.6 is 0 Å². The van der Waals surface area contributed by atoms with Gasteiger partial charge in [0.1, 0.15) is 12.4 Å². The molecule has 0 radical (unpaired) electrons. The van der Waals surface area contributed by atoms with Crippen molar-refractivity contribution in [1.29, 1.82) is 0 Å². The maximum Gasteiger partial charge on any atom is 0.357 e. The second-order valence-electron chi connectivity index (χ2n) is 8.66. The highest BCUT2D eigenvalue weighted by Gasteiger charge is 2.23. The third kappa shape index (κ3) is 3.90. The molecule has 4 rings (SSSR count). The summed E-state index contributed by atoms with van der Waals surface area (Å²) in [5.41, 5.74) is 4.45. The van der Waals surface area contributed by atoms with Gasteiger partial charge in [-0.05, 0) is 49.1 Å². The molecule has 0 aliphatic carbocycles. The minimum Gasteiger partial charge on any atom is -0.492 e. The van der Waals surface area contributed by atoms with Crippen LogP contribution in [0.1, 0.15) is 49.4 Å². The van der Waals surface area contributed by atoms with Crippen molar-refractivity contribution in [2.75, 3.05) is 13.2 Å². The van der Waals surface area contributed by atoms with Crippen LogP contribution in [0.2, 0.25) is 0 Å². The number of benzene rings is 2. The van der Waals surface area contributed by atoms with Crippen molar-refractivity contribution < 1.29 is 14.3 Å². The van der Waals surface area contributed by atoms with Crippen LogP contribution in [0, 0.1) is 6.92 Å². The van der Waals surface area contributed by atoms with Gasteiger partial charge >= 0.3 is 5.97 Å². The van der Waals surface area contributed by atoms with Crippen molar-refractivity contribution in [2.45, 2.75) is 46.6 Å². The smallest absolute Gasteiger partial charge is 0.357 e. The molecule has 0 fully saturated rings. The van der Waals surface area contributed by atoms with Gasteiger partial charge in [-0.2, -0.15) is 0 Å². The highest BCUT2D eigenvalue weighted by Crippen LogP contribution is 2.26. The number of esters is 1. The molecule has 0 unspecified atom stereocenters. The number of imidazole rings is 2. The molecular weight excluding hydrogens is 390 g/mol. The lowest BCUT2D eigenvalue weighted by Crippen LogP contribution is -2.11. The Morgan fingerprint density at radius 1 is 1.03 bits per heavy atom. The Bertz CT molecular complexity index is 1230. The Labute approximate surface area is 182 Å². The lowest BCUT2D eigenvalue weighted by atomic mass is 9.87. The van der Waals surface area contributed by atoms with E-state index < -0.39 is 0 Å². The summed E-state index contributed by atoms with van der Waals surface area (Å²) in [7, 11) is 0. The molecule has 2 aromatic carbocycles. The molecule has 0 atom stereocenters. The second-order valence-corrected chi connectivity index (χ2v) is 8.66. The number of rotatable bonds is 6. The van der Waals surface area contributed by atoms with Crippen molar-refractivity contribution in [3.8, 4) is 5.75 Å². The summed E-state index contributed by atoms with van der Waals surface area (Å²) in [6.45, 7) is 11.7. The fourth-order valence-corrected chi connectivity index (χ4v) is 3.88. The number of carbonyl (C=O) groups is 1. The van der Waals surface area contributed by atoms with Gasteiger partial charge in [-0.15, -0.1) is 0 Å². The molecule has 162 valence electrons. The third-order valence-corrected chi connectivity index (χ3v) is 5.46. The first-order valence-corrected chi connectivity index (χ1v) is 10.7. The summed E-state index contributed by atoms with van der Waals surface area (Å²) >= 11 is 0. The predicted octanol–water partition coefficient (Wildman–Crippen LogP) is 5.15. The number of nitrogens with zero attached hydrogens (tertiary/aromatic N) is 3. The summed E-state index contributed by atoms with van der Waals surface area (Å²) < 4.78 is 15.3. The molecule has 0 bridgehead atoms. The minimum atomic E-state index is -0.356. The number of aryl methyl sites for hydroxylation is 1. The van der Waals surface area contributed by atoms with Crippen molar-refractivity contribution >= 4 is 22.8 Å². The molecule has 0 spiro atoms. The fraction of sp³-hybridized carbons (Fsp3) is 0.360. The van der Waals surface area contributed by atoms with Gasteiger partial charge in [0.15, 0.2) is 5.69 Å². The summed E-state index contributed by atoms with van der Waals surface area (Å²) in [4.78, 5) is 17.3. The van der Waals surface area contributed by atoms with Crippen LogP contribution in [0.5, 0.6) is 5.75 Å². The Kier molecular flexibility index (Phi) is 5.48. The quantitative estimate of drug-likeness (QED) is 0.406. The average Bonchev–Trinajstić information content (AvgIpc) is 3.21. The zero-order chi connectivity index (χ0) is 22.2. The van der Waals surface area contributed by atoms with Crippen LogP contribution in [-0.2, 0) is 16.7 Å². The number of para-hydroxylation sites is 2. The number of aromatic nitrogens is 3. The number of hydrogen-bond acceptors (Lipinski definition) is 4. The van der Waals surface area contributed by atoms with Gasteiger partial charge in [-0.3, -0.25) is 4.40 Å². The molecule has 0 N–H and O–H groups in total. The van der Waals surface area contributed by atoms with Gasteiger partial charge in [-0.25, -0.2) is 9.78 Å². The molecule has 0 saturated carbocycles. The summed E-state index contributed by atoms with van der Waals surface area (Å²) in [6.07, 6.45) is 0. The van der Waals surface area contributed by atoms with E-state index in [9.17, 15) is 4.79 Å². The van der Waals surface area contributed by atoms with E-state index in [4.69, 9.17) is 9.47 Å². The van der Waals surface area contributed by atoms with E-state index >= 15 is 0 Å². The zero-order valence-corrected chi connectivity index (χ0v) is 18.8. The van der Waals surface area contributed by atoms with Crippen LogP contribution in [0.4, 0.5) is 0 Å². The second kappa shape index (κ2) is 8.10. The first-order chi connectivity index (χ1) is 14.8. The molecule has 2 heterocycles.